The maximum absolute atomic E-state index is 6.15. The summed E-state index contributed by atoms with van der Waals surface area (Å²) in [6.07, 6.45) is 5.58. The Balaban J connectivity index is 2.43. The summed E-state index contributed by atoms with van der Waals surface area (Å²) in [7, 11) is 1.75. The largest absolute Gasteiger partial charge is 0.370 e. The first kappa shape index (κ1) is 12.8. The highest BCUT2D eigenvalue weighted by atomic mass is 35.5. The third kappa shape index (κ3) is 2.31. The molecule has 1 fully saturated rings. The Morgan fingerprint density at radius 3 is 2.29 bits per heavy atom. The Hall–Kier alpha value is -0.670. The number of halogens is 1. The molecule has 1 aliphatic rings. The van der Waals surface area contributed by atoms with Gasteiger partial charge in [-0.2, -0.15) is 0 Å². The molecule has 0 bridgehead atoms. The van der Waals surface area contributed by atoms with Crippen molar-refractivity contribution >= 4 is 11.6 Å². The smallest absolute Gasteiger partial charge is 0.162 e. The summed E-state index contributed by atoms with van der Waals surface area (Å²) in [4.78, 5) is 9.01. The van der Waals surface area contributed by atoms with Crippen LogP contribution in [0.3, 0.4) is 0 Å². The number of aromatic nitrogens is 2. The Bertz CT molecular complexity index is 391. The van der Waals surface area contributed by atoms with E-state index in [1.807, 2.05) is 13.8 Å². The van der Waals surface area contributed by atoms with Gasteiger partial charge < -0.3 is 4.74 Å². The van der Waals surface area contributed by atoms with Crippen LogP contribution in [0.15, 0.2) is 0 Å². The second-order valence-corrected chi connectivity index (χ2v) is 5.17. The van der Waals surface area contributed by atoms with Gasteiger partial charge in [-0.15, -0.1) is 0 Å². The predicted octanol–water partition coefficient (Wildman–Crippen LogP) is 3.55. The van der Waals surface area contributed by atoms with Crippen molar-refractivity contribution in [3.05, 3.63) is 22.2 Å². The SMILES string of the molecule is COC1(c2nc(C)c(C)c(Cl)n2)CCCCC1. The van der Waals surface area contributed by atoms with E-state index in [9.17, 15) is 0 Å². The van der Waals surface area contributed by atoms with Gasteiger partial charge in [0, 0.05) is 18.4 Å². The number of aryl methyl sites for hydroxylation is 1. The lowest BCUT2D eigenvalue weighted by atomic mass is 9.84. The Kier molecular flexibility index (Phi) is 3.69. The van der Waals surface area contributed by atoms with Gasteiger partial charge in [0.2, 0.25) is 0 Å². The highest BCUT2D eigenvalue weighted by molar-refractivity contribution is 6.30. The fraction of sp³-hybridized carbons (Fsp3) is 0.692. The summed E-state index contributed by atoms with van der Waals surface area (Å²) < 4.78 is 5.73. The number of methoxy groups -OCH3 is 1. The van der Waals surface area contributed by atoms with Gasteiger partial charge in [-0.3, -0.25) is 0 Å². The molecule has 94 valence electrons. The highest BCUT2D eigenvalue weighted by Gasteiger charge is 2.37. The lowest BCUT2D eigenvalue weighted by Gasteiger charge is -2.34. The molecule has 1 saturated carbocycles. The standard InChI is InChI=1S/C13H19ClN2O/c1-9-10(2)15-12(16-11(9)14)13(17-3)7-5-4-6-8-13/h4-8H2,1-3H3. The fourth-order valence-corrected chi connectivity index (χ4v) is 2.66. The molecule has 2 rings (SSSR count). The third-order valence-electron chi connectivity index (χ3n) is 3.79. The van der Waals surface area contributed by atoms with Crippen molar-refractivity contribution in [2.45, 2.75) is 51.6 Å². The highest BCUT2D eigenvalue weighted by Crippen LogP contribution is 2.39. The zero-order valence-corrected chi connectivity index (χ0v) is 11.5. The molecule has 0 N–H and O–H groups in total. The zero-order valence-electron chi connectivity index (χ0n) is 10.7. The van der Waals surface area contributed by atoms with Crippen molar-refractivity contribution in [1.29, 1.82) is 0 Å². The Morgan fingerprint density at radius 1 is 1.12 bits per heavy atom. The van der Waals surface area contributed by atoms with Gasteiger partial charge in [0.1, 0.15) is 10.8 Å². The summed E-state index contributed by atoms with van der Waals surface area (Å²) in [5, 5.41) is 0.550. The molecular weight excluding hydrogens is 236 g/mol. The van der Waals surface area contributed by atoms with Crippen LogP contribution in [0.1, 0.15) is 49.2 Å². The van der Waals surface area contributed by atoms with Crippen LogP contribution < -0.4 is 0 Å². The lowest BCUT2D eigenvalue weighted by Crippen LogP contribution is -2.33. The van der Waals surface area contributed by atoms with Crippen LogP contribution in [0.25, 0.3) is 0 Å². The molecule has 3 nitrogen and oxygen atoms in total. The summed E-state index contributed by atoms with van der Waals surface area (Å²) in [6, 6.07) is 0. The Morgan fingerprint density at radius 2 is 1.76 bits per heavy atom. The van der Waals surface area contributed by atoms with E-state index < -0.39 is 0 Å². The monoisotopic (exact) mass is 254 g/mol. The van der Waals surface area contributed by atoms with Crippen molar-refractivity contribution in [2.75, 3.05) is 7.11 Å². The minimum absolute atomic E-state index is 0.319. The van der Waals surface area contributed by atoms with Gasteiger partial charge in [0.05, 0.1) is 0 Å². The average Bonchev–Trinajstić information content (AvgIpc) is 2.36. The lowest BCUT2D eigenvalue weighted by molar-refractivity contribution is -0.0516. The van der Waals surface area contributed by atoms with Crippen molar-refractivity contribution in [3.8, 4) is 0 Å². The van der Waals surface area contributed by atoms with Gasteiger partial charge in [0.15, 0.2) is 5.82 Å². The first-order valence-electron chi connectivity index (χ1n) is 6.15. The molecular formula is C13H19ClN2O. The van der Waals surface area contributed by atoms with Gasteiger partial charge >= 0.3 is 0 Å². The zero-order chi connectivity index (χ0) is 12.5. The van der Waals surface area contributed by atoms with Crippen molar-refractivity contribution in [3.63, 3.8) is 0 Å². The van der Waals surface area contributed by atoms with Crippen molar-refractivity contribution in [2.24, 2.45) is 0 Å². The topological polar surface area (TPSA) is 35.0 Å². The molecule has 0 saturated heterocycles. The van der Waals surface area contributed by atoms with Gasteiger partial charge in [-0.25, -0.2) is 9.97 Å². The molecule has 1 aromatic heterocycles. The minimum atomic E-state index is -0.319. The molecule has 4 heteroatoms. The molecule has 0 aliphatic heterocycles. The number of ether oxygens (including phenoxy) is 1. The van der Waals surface area contributed by atoms with E-state index in [1.165, 1.54) is 19.3 Å². The summed E-state index contributed by atoms with van der Waals surface area (Å²) in [5.74, 6) is 0.757. The van der Waals surface area contributed by atoms with Crippen molar-refractivity contribution in [1.82, 2.24) is 9.97 Å². The fourth-order valence-electron chi connectivity index (χ4n) is 2.44. The minimum Gasteiger partial charge on any atom is -0.370 e. The van der Waals surface area contributed by atoms with E-state index in [0.29, 0.717) is 5.15 Å². The molecule has 0 atom stereocenters. The summed E-state index contributed by atoms with van der Waals surface area (Å²) in [6.45, 7) is 3.92. The van der Waals surface area contributed by atoms with Gasteiger partial charge in [-0.05, 0) is 26.7 Å². The molecule has 0 unspecified atom stereocenters. The normalized spacial score (nSPS) is 19.3. The van der Waals surface area contributed by atoms with Crippen LogP contribution in [0.5, 0.6) is 0 Å². The first-order chi connectivity index (χ1) is 8.09. The molecule has 17 heavy (non-hydrogen) atoms. The molecule has 0 amide bonds. The van der Waals surface area contributed by atoms with E-state index in [0.717, 1.165) is 29.9 Å². The average molecular weight is 255 g/mol. The molecule has 1 aromatic rings. The number of nitrogens with zero attached hydrogens (tertiary/aromatic N) is 2. The van der Waals surface area contributed by atoms with Crippen LogP contribution in [0.4, 0.5) is 0 Å². The Labute approximate surface area is 108 Å². The van der Waals surface area contributed by atoms with Crippen LogP contribution in [-0.4, -0.2) is 17.1 Å². The first-order valence-corrected chi connectivity index (χ1v) is 6.53. The van der Waals surface area contributed by atoms with Gasteiger partial charge in [0.25, 0.3) is 0 Å². The molecule has 1 heterocycles. The van der Waals surface area contributed by atoms with E-state index in [-0.39, 0.29) is 5.60 Å². The second-order valence-electron chi connectivity index (χ2n) is 4.81. The van der Waals surface area contributed by atoms with Crippen LogP contribution in [0.2, 0.25) is 5.15 Å². The molecule has 0 radical (unpaired) electrons. The van der Waals surface area contributed by atoms with E-state index >= 15 is 0 Å². The van der Waals surface area contributed by atoms with E-state index in [4.69, 9.17) is 16.3 Å². The molecule has 0 spiro atoms. The van der Waals surface area contributed by atoms with Crippen LogP contribution in [-0.2, 0) is 10.3 Å². The van der Waals surface area contributed by atoms with Crippen molar-refractivity contribution < 1.29 is 4.74 Å². The van der Waals surface area contributed by atoms with Crippen LogP contribution in [0, 0.1) is 13.8 Å². The predicted molar refractivity (Wildman–Crippen MR) is 68.3 cm³/mol. The maximum Gasteiger partial charge on any atom is 0.162 e. The molecule has 0 aromatic carbocycles. The summed E-state index contributed by atoms with van der Waals surface area (Å²) >= 11 is 6.15. The number of rotatable bonds is 2. The van der Waals surface area contributed by atoms with Crippen LogP contribution >= 0.6 is 11.6 Å². The van der Waals surface area contributed by atoms with E-state index in [1.54, 1.807) is 7.11 Å². The second kappa shape index (κ2) is 4.91. The third-order valence-corrected chi connectivity index (χ3v) is 4.16. The maximum atomic E-state index is 6.15. The number of hydrogen-bond acceptors (Lipinski definition) is 3. The summed E-state index contributed by atoms with van der Waals surface area (Å²) in [5.41, 5.74) is 1.58. The van der Waals surface area contributed by atoms with E-state index in [2.05, 4.69) is 9.97 Å². The quantitative estimate of drug-likeness (QED) is 0.757. The molecule has 1 aliphatic carbocycles. The van der Waals surface area contributed by atoms with Gasteiger partial charge in [-0.1, -0.05) is 30.9 Å². The number of hydrogen-bond donors (Lipinski definition) is 0.